The third-order valence-electron chi connectivity index (χ3n) is 7.73. The van der Waals surface area contributed by atoms with Crippen molar-refractivity contribution in [1.29, 1.82) is 0 Å². The lowest BCUT2D eigenvalue weighted by Gasteiger charge is -2.17. The summed E-state index contributed by atoms with van der Waals surface area (Å²) in [6.07, 6.45) is 8.66. The Labute approximate surface area is 256 Å². The van der Waals surface area contributed by atoms with Gasteiger partial charge in [-0.25, -0.2) is 14.5 Å². The summed E-state index contributed by atoms with van der Waals surface area (Å²) in [5.41, 5.74) is 5.97. The first kappa shape index (κ1) is 28.9. The molecular weight excluding hydrogens is 550 g/mol. The molecule has 1 atom stereocenters. The lowest BCUT2D eigenvalue weighted by atomic mass is 10.0. The largest absolute Gasteiger partial charge is 0.338 e. The highest BCUT2D eigenvalue weighted by Crippen LogP contribution is 2.34. The van der Waals surface area contributed by atoms with Crippen molar-refractivity contribution in [3.63, 3.8) is 0 Å². The molecule has 0 radical (unpaired) electrons. The number of likely N-dealkylation sites (N-methyl/N-ethyl adjacent to an activating group) is 1. The molecule has 0 unspecified atom stereocenters. The molecule has 1 aliphatic heterocycles. The van der Waals surface area contributed by atoms with Gasteiger partial charge in [-0.1, -0.05) is 42.5 Å². The van der Waals surface area contributed by atoms with E-state index < -0.39 is 0 Å². The maximum atomic E-state index is 13.3. The summed E-state index contributed by atoms with van der Waals surface area (Å²) in [7, 11) is 3.88. The van der Waals surface area contributed by atoms with E-state index in [1.54, 1.807) is 30.3 Å². The van der Waals surface area contributed by atoms with E-state index in [4.69, 9.17) is 10.1 Å². The van der Waals surface area contributed by atoms with Crippen LogP contribution in [0.15, 0.2) is 103 Å². The van der Waals surface area contributed by atoms with E-state index in [0.29, 0.717) is 37.3 Å². The molecule has 44 heavy (non-hydrogen) atoms. The third-order valence-corrected chi connectivity index (χ3v) is 7.73. The zero-order chi connectivity index (χ0) is 30.5. The number of rotatable bonds is 9. The SMILES string of the molecule is CN(C)C/C=C/C(=O)Nc1ccc(C(=O)N2CC[C@@H](Cc3nccc(-c4c(-c5ccccc5)nn5ccccc45)n3)C2)cc1. The summed E-state index contributed by atoms with van der Waals surface area (Å²) in [5.74, 6) is 0.817. The Morgan fingerprint density at radius 3 is 2.59 bits per heavy atom. The minimum Gasteiger partial charge on any atom is -0.338 e. The lowest BCUT2D eigenvalue weighted by molar-refractivity contribution is -0.111. The van der Waals surface area contributed by atoms with Crippen LogP contribution in [0.2, 0.25) is 0 Å². The summed E-state index contributed by atoms with van der Waals surface area (Å²) < 4.78 is 1.89. The Bertz CT molecular complexity index is 1800. The van der Waals surface area contributed by atoms with E-state index in [1.165, 1.54) is 6.08 Å². The van der Waals surface area contributed by atoms with E-state index in [0.717, 1.165) is 40.3 Å². The van der Waals surface area contributed by atoms with Crippen LogP contribution in [0.3, 0.4) is 0 Å². The van der Waals surface area contributed by atoms with Gasteiger partial charge >= 0.3 is 0 Å². The number of anilines is 1. The molecule has 1 aliphatic rings. The number of nitrogens with one attached hydrogen (secondary N) is 1. The zero-order valence-corrected chi connectivity index (χ0v) is 24.9. The van der Waals surface area contributed by atoms with Gasteiger partial charge in [-0.3, -0.25) is 9.59 Å². The zero-order valence-electron chi connectivity index (χ0n) is 24.9. The highest BCUT2D eigenvalue weighted by Gasteiger charge is 2.28. The molecule has 4 heterocycles. The van der Waals surface area contributed by atoms with Gasteiger partial charge < -0.3 is 15.1 Å². The van der Waals surface area contributed by atoms with Crippen LogP contribution >= 0.6 is 0 Å². The molecule has 0 saturated carbocycles. The molecule has 3 aromatic heterocycles. The van der Waals surface area contributed by atoms with Crippen molar-refractivity contribution in [2.24, 2.45) is 5.92 Å². The second-order valence-electron chi connectivity index (χ2n) is 11.3. The topological polar surface area (TPSA) is 95.7 Å². The molecule has 222 valence electrons. The Morgan fingerprint density at radius 2 is 1.80 bits per heavy atom. The molecule has 2 amide bonds. The molecule has 1 saturated heterocycles. The van der Waals surface area contributed by atoms with E-state index in [2.05, 4.69) is 28.5 Å². The van der Waals surface area contributed by atoms with Crippen molar-refractivity contribution in [1.82, 2.24) is 29.4 Å². The monoisotopic (exact) mass is 585 g/mol. The van der Waals surface area contributed by atoms with Gasteiger partial charge in [-0.2, -0.15) is 5.10 Å². The average molecular weight is 586 g/mol. The fourth-order valence-corrected chi connectivity index (χ4v) is 5.56. The molecule has 0 aliphatic carbocycles. The van der Waals surface area contributed by atoms with Gasteiger partial charge in [0.15, 0.2) is 0 Å². The first-order chi connectivity index (χ1) is 21.4. The standard InChI is InChI=1S/C35H35N7O2/c1-40(2)20-8-12-32(43)37-28-15-13-27(14-16-28)35(44)41-22-18-25(24-41)23-31-36-19-17-29(38-31)33-30-11-6-7-21-42(30)39-34(33)26-9-4-3-5-10-26/h3-17,19,21,25H,18,20,22-24H2,1-2H3,(H,37,43)/b12-8+/t25-/m0/s1. The van der Waals surface area contributed by atoms with Crippen LogP contribution < -0.4 is 5.32 Å². The number of hydrogen-bond donors (Lipinski definition) is 1. The van der Waals surface area contributed by atoms with E-state index in [9.17, 15) is 9.59 Å². The van der Waals surface area contributed by atoms with Gasteiger partial charge in [0.25, 0.3) is 5.91 Å². The molecule has 1 fully saturated rings. The molecule has 6 rings (SSSR count). The molecule has 2 aromatic carbocycles. The van der Waals surface area contributed by atoms with Gasteiger partial charge in [0, 0.05) is 61.3 Å². The van der Waals surface area contributed by atoms with Crippen LogP contribution in [0.4, 0.5) is 5.69 Å². The minimum atomic E-state index is -0.197. The number of benzene rings is 2. The summed E-state index contributed by atoms with van der Waals surface area (Å²) in [6.45, 7) is 2.02. The fourth-order valence-electron chi connectivity index (χ4n) is 5.56. The van der Waals surface area contributed by atoms with Gasteiger partial charge in [0.05, 0.1) is 16.8 Å². The van der Waals surface area contributed by atoms with Gasteiger partial charge in [-0.05, 0) is 68.9 Å². The van der Waals surface area contributed by atoms with Crippen molar-refractivity contribution >= 4 is 23.0 Å². The minimum absolute atomic E-state index is 0.00946. The Kier molecular flexibility index (Phi) is 8.56. The first-order valence-electron chi connectivity index (χ1n) is 14.8. The van der Waals surface area contributed by atoms with Crippen LogP contribution in [-0.2, 0) is 11.2 Å². The molecule has 1 N–H and O–H groups in total. The molecule has 9 heteroatoms. The summed E-state index contributed by atoms with van der Waals surface area (Å²) in [5, 5.41) is 7.71. The number of amides is 2. The van der Waals surface area contributed by atoms with Gasteiger partial charge in [-0.15, -0.1) is 0 Å². The van der Waals surface area contributed by atoms with E-state index in [-0.39, 0.29) is 17.7 Å². The number of likely N-dealkylation sites (tertiary alicyclic amines) is 1. The second-order valence-corrected chi connectivity index (χ2v) is 11.3. The van der Waals surface area contributed by atoms with E-state index in [1.807, 2.05) is 77.2 Å². The summed E-state index contributed by atoms with van der Waals surface area (Å²) in [4.78, 5) is 38.9. The number of hydrogen-bond acceptors (Lipinski definition) is 6. The Morgan fingerprint density at radius 1 is 1.00 bits per heavy atom. The quantitative estimate of drug-likeness (QED) is 0.239. The normalized spacial score (nSPS) is 15.0. The van der Waals surface area contributed by atoms with Crippen molar-refractivity contribution in [3.8, 4) is 22.5 Å². The predicted octanol–water partition coefficient (Wildman–Crippen LogP) is 5.22. The number of carbonyl (C=O) groups is 2. The Hall–Kier alpha value is -5.15. The van der Waals surface area contributed by atoms with Crippen LogP contribution in [0, 0.1) is 5.92 Å². The van der Waals surface area contributed by atoms with Crippen LogP contribution in [0.5, 0.6) is 0 Å². The lowest BCUT2D eigenvalue weighted by Crippen LogP contribution is -2.29. The van der Waals surface area contributed by atoms with Crippen LogP contribution in [0.1, 0.15) is 22.6 Å². The molecular formula is C35H35N7O2. The van der Waals surface area contributed by atoms with Crippen LogP contribution in [-0.4, -0.2) is 74.9 Å². The highest BCUT2D eigenvalue weighted by molar-refractivity contribution is 6.00. The molecule has 0 bridgehead atoms. The summed E-state index contributed by atoms with van der Waals surface area (Å²) in [6, 6.07) is 25.2. The van der Waals surface area contributed by atoms with Crippen LogP contribution in [0.25, 0.3) is 28.0 Å². The average Bonchev–Trinajstić information content (AvgIpc) is 3.66. The maximum absolute atomic E-state index is 13.3. The Balaban J connectivity index is 1.12. The number of nitrogens with zero attached hydrogens (tertiary/aromatic N) is 6. The van der Waals surface area contributed by atoms with Crippen molar-refractivity contribution < 1.29 is 9.59 Å². The summed E-state index contributed by atoms with van der Waals surface area (Å²) >= 11 is 0. The van der Waals surface area contributed by atoms with Crippen molar-refractivity contribution in [2.45, 2.75) is 12.8 Å². The van der Waals surface area contributed by atoms with Crippen molar-refractivity contribution in [3.05, 3.63) is 115 Å². The molecule has 5 aromatic rings. The molecule has 9 nitrogen and oxygen atoms in total. The third kappa shape index (κ3) is 6.58. The number of fused-ring (bicyclic) bond motifs is 1. The molecule has 0 spiro atoms. The second kappa shape index (κ2) is 13.0. The number of carbonyl (C=O) groups excluding carboxylic acids is 2. The number of pyridine rings is 1. The van der Waals surface area contributed by atoms with Gasteiger partial charge in [0.1, 0.15) is 11.5 Å². The highest BCUT2D eigenvalue weighted by atomic mass is 16.2. The van der Waals surface area contributed by atoms with E-state index >= 15 is 0 Å². The first-order valence-corrected chi connectivity index (χ1v) is 14.8. The fraction of sp³-hybridized carbons (Fsp3) is 0.229. The predicted molar refractivity (Wildman–Crippen MR) is 172 cm³/mol. The van der Waals surface area contributed by atoms with Crippen molar-refractivity contribution in [2.75, 3.05) is 39.0 Å². The number of aromatic nitrogens is 4. The van der Waals surface area contributed by atoms with Gasteiger partial charge in [0.2, 0.25) is 5.91 Å². The smallest absolute Gasteiger partial charge is 0.253 e. The maximum Gasteiger partial charge on any atom is 0.253 e.